The standard InChI is InChI=1S/C20H31F5N4O4/c1-10(2)13(15(30)19(21,22)20(23,24)25)26-16(31)12-8-7-9-29(12)17(32)14(11(3)4)27-18(33)28(5)6/h10-14H,7-9H2,1-6H3,(H,26,31)(H,27,33)/t12-,13?,14-/m0/s1. The predicted octanol–water partition coefficient (Wildman–Crippen LogP) is 2.18. The molecule has 1 rings (SSSR count). The summed E-state index contributed by atoms with van der Waals surface area (Å²) in [6, 6.07) is -4.82. The number of halogens is 5. The van der Waals surface area contributed by atoms with Crippen LogP contribution >= 0.6 is 0 Å². The number of hydrogen-bond donors (Lipinski definition) is 2. The minimum atomic E-state index is -6.10. The summed E-state index contributed by atoms with van der Waals surface area (Å²) in [4.78, 5) is 52.3. The molecule has 0 aromatic rings. The highest BCUT2D eigenvalue weighted by molar-refractivity contribution is 5.97. The molecule has 2 N–H and O–H groups in total. The molecule has 1 saturated heterocycles. The van der Waals surface area contributed by atoms with Gasteiger partial charge >= 0.3 is 18.1 Å². The summed E-state index contributed by atoms with van der Waals surface area (Å²) in [5.74, 6) is -11.1. The first kappa shape index (κ1) is 28.6. The summed E-state index contributed by atoms with van der Waals surface area (Å²) in [6.07, 6.45) is -5.61. The van der Waals surface area contributed by atoms with Gasteiger partial charge in [-0.3, -0.25) is 14.4 Å². The summed E-state index contributed by atoms with van der Waals surface area (Å²) in [6.45, 7) is 5.92. The highest BCUT2D eigenvalue weighted by atomic mass is 19.4. The number of ketones is 1. The van der Waals surface area contributed by atoms with Gasteiger partial charge in [0.2, 0.25) is 17.6 Å². The van der Waals surface area contributed by atoms with Crippen LogP contribution in [0.15, 0.2) is 0 Å². The van der Waals surface area contributed by atoms with Crippen LogP contribution < -0.4 is 10.6 Å². The van der Waals surface area contributed by atoms with Crippen LogP contribution in [0.5, 0.6) is 0 Å². The van der Waals surface area contributed by atoms with Crippen molar-refractivity contribution < 1.29 is 41.1 Å². The van der Waals surface area contributed by atoms with Crippen molar-refractivity contribution in [2.45, 2.75) is 70.8 Å². The van der Waals surface area contributed by atoms with E-state index in [2.05, 4.69) is 5.32 Å². The number of likely N-dealkylation sites (tertiary alicyclic amines) is 1. The first-order valence-electron chi connectivity index (χ1n) is 10.5. The van der Waals surface area contributed by atoms with Gasteiger partial charge in [0.15, 0.2) is 0 Å². The molecule has 0 bridgehead atoms. The molecule has 0 spiro atoms. The number of Topliss-reactive ketones (excluding diaryl/α,β-unsaturated/α-hetero) is 1. The molecule has 33 heavy (non-hydrogen) atoms. The topological polar surface area (TPSA) is 98.8 Å². The molecule has 13 heteroatoms. The SMILES string of the molecule is CC(C)C(NC(=O)[C@@H]1CCCN1C(=O)[C@@H](NC(=O)N(C)C)C(C)C)C(=O)C(F)(F)C(F)(F)F. The maximum atomic E-state index is 13.6. The number of nitrogens with zero attached hydrogens (tertiary/aromatic N) is 2. The van der Waals surface area contributed by atoms with Crippen molar-refractivity contribution in [2.24, 2.45) is 11.8 Å². The maximum Gasteiger partial charge on any atom is 0.461 e. The summed E-state index contributed by atoms with van der Waals surface area (Å²) in [5.41, 5.74) is 0. The average Bonchev–Trinajstić information content (AvgIpc) is 3.17. The van der Waals surface area contributed by atoms with Gasteiger partial charge in [-0.25, -0.2) is 4.79 Å². The molecule has 8 nitrogen and oxygen atoms in total. The third-order valence-electron chi connectivity index (χ3n) is 5.37. The average molecular weight is 486 g/mol. The monoisotopic (exact) mass is 486 g/mol. The lowest BCUT2D eigenvalue weighted by Crippen LogP contribution is -2.60. The van der Waals surface area contributed by atoms with Crippen LogP contribution in [-0.2, 0) is 14.4 Å². The molecule has 0 aromatic carbocycles. The molecule has 190 valence electrons. The van der Waals surface area contributed by atoms with Crippen LogP contribution in [0.25, 0.3) is 0 Å². The number of urea groups is 1. The fourth-order valence-electron chi connectivity index (χ4n) is 3.38. The second-order valence-electron chi connectivity index (χ2n) is 8.92. The zero-order chi connectivity index (χ0) is 25.9. The zero-order valence-electron chi connectivity index (χ0n) is 19.4. The van der Waals surface area contributed by atoms with Crippen molar-refractivity contribution in [1.82, 2.24) is 20.4 Å². The van der Waals surface area contributed by atoms with Crippen LogP contribution in [0.2, 0.25) is 0 Å². The number of hydrogen-bond acceptors (Lipinski definition) is 4. The van der Waals surface area contributed by atoms with E-state index in [1.165, 1.54) is 32.8 Å². The molecule has 0 radical (unpaired) electrons. The highest BCUT2D eigenvalue weighted by Crippen LogP contribution is 2.37. The molecule has 1 aliphatic rings. The van der Waals surface area contributed by atoms with Gasteiger partial charge in [-0.15, -0.1) is 0 Å². The highest BCUT2D eigenvalue weighted by Gasteiger charge is 2.64. The summed E-state index contributed by atoms with van der Waals surface area (Å²) in [7, 11) is 2.95. The first-order valence-corrected chi connectivity index (χ1v) is 10.5. The summed E-state index contributed by atoms with van der Waals surface area (Å²) >= 11 is 0. The molecular weight excluding hydrogens is 455 g/mol. The number of amides is 4. The zero-order valence-corrected chi connectivity index (χ0v) is 19.4. The molecule has 0 saturated carbocycles. The molecule has 0 aliphatic carbocycles. The smallest absolute Gasteiger partial charge is 0.344 e. The van der Waals surface area contributed by atoms with Crippen molar-refractivity contribution >= 4 is 23.6 Å². The molecule has 0 aromatic heterocycles. The molecule has 4 amide bonds. The minimum absolute atomic E-state index is 0.122. The third kappa shape index (κ3) is 6.53. The van der Waals surface area contributed by atoms with E-state index in [4.69, 9.17) is 0 Å². The molecule has 3 atom stereocenters. The first-order chi connectivity index (χ1) is 14.9. The van der Waals surface area contributed by atoms with Gasteiger partial charge in [-0.2, -0.15) is 22.0 Å². The Labute approximate surface area is 189 Å². The Balaban J connectivity index is 3.09. The van der Waals surface area contributed by atoms with E-state index in [-0.39, 0.29) is 18.9 Å². The number of alkyl halides is 5. The van der Waals surface area contributed by atoms with Gasteiger partial charge in [-0.05, 0) is 24.7 Å². The van der Waals surface area contributed by atoms with Gasteiger partial charge in [0, 0.05) is 20.6 Å². The van der Waals surface area contributed by atoms with E-state index in [9.17, 15) is 41.1 Å². The lowest BCUT2D eigenvalue weighted by atomic mass is 9.95. The van der Waals surface area contributed by atoms with Gasteiger partial charge < -0.3 is 20.4 Å². The normalized spacial score (nSPS) is 18.8. The van der Waals surface area contributed by atoms with Crippen LogP contribution in [0.1, 0.15) is 40.5 Å². The summed E-state index contributed by atoms with van der Waals surface area (Å²) < 4.78 is 65.2. The van der Waals surface area contributed by atoms with Gasteiger partial charge in [0.1, 0.15) is 12.1 Å². The number of carbonyl (C=O) groups is 4. The Bertz CT molecular complexity index is 755. The quantitative estimate of drug-likeness (QED) is 0.514. The summed E-state index contributed by atoms with van der Waals surface area (Å²) in [5, 5.41) is 4.54. The Hall–Kier alpha value is -2.47. The van der Waals surface area contributed by atoms with E-state index in [0.717, 1.165) is 4.90 Å². The number of carbonyl (C=O) groups excluding carboxylic acids is 4. The largest absolute Gasteiger partial charge is 0.461 e. The molecule has 1 heterocycles. The molecular formula is C20H31F5N4O4. The Morgan fingerprint density at radius 2 is 1.42 bits per heavy atom. The van der Waals surface area contributed by atoms with Crippen LogP contribution in [0.4, 0.5) is 26.7 Å². The van der Waals surface area contributed by atoms with Crippen molar-refractivity contribution in [2.75, 3.05) is 20.6 Å². The Kier molecular flexibility index (Phi) is 9.21. The van der Waals surface area contributed by atoms with E-state index in [0.29, 0.717) is 6.42 Å². The van der Waals surface area contributed by atoms with Crippen LogP contribution in [0, 0.1) is 11.8 Å². The fraction of sp³-hybridized carbons (Fsp3) is 0.800. The lowest BCUT2D eigenvalue weighted by molar-refractivity contribution is -0.270. The van der Waals surface area contributed by atoms with Crippen molar-refractivity contribution in [3.05, 3.63) is 0 Å². The predicted molar refractivity (Wildman–Crippen MR) is 108 cm³/mol. The van der Waals surface area contributed by atoms with Gasteiger partial charge in [0.05, 0.1) is 6.04 Å². The van der Waals surface area contributed by atoms with E-state index >= 15 is 0 Å². The van der Waals surface area contributed by atoms with Crippen LogP contribution in [-0.4, -0.2) is 84.3 Å². The second kappa shape index (κ2) is 10.6. The van der Waals surface area contributed by atoms with Crippen molar-refractivity contribution in [3.63, 3.8) is 0 Å². The molecule has 1 unspecified atom stereocenters. The van der Waals surface area contributed by atoms with Crippen molar-refractivity contribution in [1.29, 1.82) is 0 Å². The van der Waals surface area contributed by atoms with E-state index in [1.807, 2.05) is 5.32 Å². The Morgan fingerprint density at radius 3 is 1.85 bits per heavy atom. The van der Waals surface area contributed by atoms with Gasteiger partial charge in [-0.1, -0.05) is 27.7 Å². The second-order valence-corrected chi connectivity index (χ2v) is 8.92. The van der Waals surface area contributed by atoms with E-state index in [1.54, 1.807) is 13.8 Å². The van der Waals surface area contributed by atoms with Crippen molar-refractivity contribution in [3.8, 4) is 0 Å². The lowest BCUT2D eigenvalue weighted by Gasteiger charge is -2.32. The Morgan fingerprint density at radius 1 is 0.909 bits per heavy atom. The van der Waals surface area contributed by atoms with E-state index < -0.39 is 59.8 Å². The maximum absolute atomic E-state index is 13.6. The third-order valence-corrected chi connectivity index (χ3v) is 5.37. The van der Waals surface area contributed by atoms with Gasteiger partial charge in [0.25, 0.3) is 0 Å². The molecule has 1 aliphatic heterocycles. The fourth-order valence-corrected chi connectivity index (χ4v) is 3.38. The minimum Gasteiger partial charge on any atom is -0.344 e. The molecule has 1 fully saturated rings. The van der Waals surface area contributed by atoms with Crippen LogP contribution in [0.3, 0.4) is 0 Å². The number of nitrogens with one attached hydrogen (secondary N) is 2. The number of rotatable bonds is 8.